The molecule has 0 spiro atoms. The maximum absolute atomic E-state index is 13.3. The van der Waals surface area contributed by atoms with E-state index in [1.54, 1.807) is 6.07 Å². The first-order chi connectivity index (χ1) is 17.5. The molecule has 2 aliphatic rings. The first kappa shape index (κ1) is 22.0. The molecule has 4 aromatic rings. The average Bonchev–Trinajstić information content (AvgIpc) is 3.29. The van der Waals surface area contributed by atoms with E-state index in [9.17, 15) is 14.4 Å². The topological polar surface area (TPSA) is 111 Å². The van der Waals surface area contributed by atoms with Gasteiger partial charge in [-0.3, -0.25) is 14.4 Å². The Bertz CT molecular complexity index is 1550. The minimum Gasteiger partial charge on any atom is -0.353 e. The standard InChI is InChI=1S/C27H24N6O3/c34-25-16-23-21(29-25)8-9-24(28-23)32-10-12-33(13-11-32)27(36)18-5-3-4-17(14-18)15-22-19-6-1-2-7-20(19)26(35)31-30-22/h1-9,14H,10-13,15-16H2,(H,29,34)(H,31,35). The van der Waals surface area contributed by atoms with Gasteiger partial charge in [-0.1, -0.05) is 30.3 Å². The van der Waals surface area contributed by atoms with Crippen molar-refractivity contribution in [2.75, 3.05) is 36.4 Å². The van der Waals surface area contributed by atoms with Gasteiger partial charge in [0.1, 0.15) is 5.82 Å². The second-order valence-corrected chi connectivity index (χ2v) is 9.09. The zero-order valence-corrected chi connectivity index (χ0v) is 19.5. The van der Waals surface area contributed by atoms with E-state index >= 15 is 0 Å². The molecule has 2 N–H and O–H groups in total. The third kappa shape index (κ3) is 4.08. The number of aromatic amines is 1. The fourth-order valence-electron chi connectivity index (χ4n) is 4.90. The van der Waals surface area contributed by atoms with Crippen molar-refractivity contribution < 1.29 is 9.59 Å². The van der Waals surface area contributed by atoms with Crippen LogP contribution in [0.5, 0.6) is 0 Å². The van der Waals surface area contributed by atoms with Crippen molar-refractivity contribution in [2.45, 2.75) is 12.8 Å². The fraction of sp³-hybridized carbons (Fsp3) is 0.222. The van der Waals surface area contributed by atoms with Crippen LogP contribution in [0.4, 0.5) is 11.5 Å². The van der Waals surface area contributed by atoms with Crippen molar-refractivity contribution in [3.05, 3.63) is 93.5 Å². The predicted octanol–water partition coefficient (Wildman–Crippen LogP) is 2.37. The zero-order valence-electron chi connectivity index (χ0n) is 19.5. The summed E-state index contributed by atoms with van der Waals surface area (Å²) >= 11 is 0. The third-order valence-electron chi connectivity index (χ3n) is 6.77. The van der Waals surface area contributed by atoms with Gasteiger partial charge in [0.05, 0.1) is 28.9 Å². The van der Waals surface area contributed by atoms with Crippen LogP contribution in [0, 0.1) is 0 Å². The van der Waals surface area contributed by atoms with Crippen molar-refractivity contribution in [3.63, 3.8) is 0 Å². The van der Waals surface area contributed by atoms with Crippen molar-refractivity contribution in [2.24, 2.45) is 0 Å². The molecule has 6 rings (SSSR count). The van der Waals surface area contributed by atoms with Gasteiger partial charge in [-0.2, -0.15) is 5.10 Å². The van der Waals surface area contributed by atoms with E-state index in [1.807, 2.05) is 59.5 Å². The SMILES string of the molecule is O=C1Cc2nc(N3CCN(C(=O)c4cccc(Cc5n[nH]c(=O)c6ccccc56)c4)CC3)ccc2N1. The Morgan fingerprint density at radius 2 is 1.72 bits per heavy atom. The average molecular weight is 481 g/mol. The highest BCUT2D eigenvalue weighted by molar-refractivity contribution is 5.98. The van der Waals surface area contributed by atoms with Crippen molar-refractivity contribution in [1.82, 2.24) is 20.1 Å². The molecule has 1 saturated heterocycles. The molecule has 36 heavy (non-hydrogen) atoms. The molecule has 4 heterocycles. The Balaban J connectivity index is 1.15. The van der Waals surface area contributed by atoms with E-state index in [-0.39, 0.29) is 17.4 Å². The molecule has 2 aromatic carbocycles. The van der Waals surface area contributed by atoms with Gasteiger partial charge in [0.15, 0.2) is 0 Å². The van der Waals surface area contributed by atoms with Crippen LogP contribution in [0.1, 0.15) is 27.3 Å². The number of hydrogen-bond acceptors (Lipinski definition) is 6. The van der Waals surface area contributed by atoms with Gasteiger partial charge in [0.25, 0.3) is 11.5 Å². The van der Waals surface area contributed by atoms with Gasteiger partial charge in [-0.15, -0.1) is 0 Å². The summed E-state index contributed by atoms with van der Waals surface area (Å²) in [5.74, 6) is 0.796. The number of carbonyl (C=O) groups excluding carboxylic acids is 2. The quantitative estimate of drug-likeness (QED) is 0.464. The summed E-state index contributed by atoms with van der Waals surface area (Å²) in [7, 11) is 0. The highest BCUT2D eigenvalue weighted by atomic mass is 16.2. The summed E-state index contributed by atoms with van der Waals surface area (Å²) in [4.78, 5) is 45.6. The van der Waals surface area contributed by atoms with E-state index in [2.05, 4.69) is 25.4 Å². The Labute approximate surface area is 206 Å². The van der Waals surface area contributed by atoms with Crippen LogP contribution in [0.25, 0.3) is 10.8 Å². The number of piperazine rings is 1. The molecular formula is C27H24N6O3. The maximum Gasteiger partial charge on any atom is 0.272 e. The van der Waals surface area contributed by atoms with Gasteiger partial charge in [0.2, 0.25) is 5.91 Å². The maximum atomic E-state index is 13.3. The second-order valence-electron chi connectivity index (χ2n) is 9.09. The molecule has 2 aromatic heterocycles. The molecule has 0 unspecified atom stereocenters. The van der Waals surface area contributed by atoms with E-state index < -0.39 is 0 Å². The minimum atomic E-state index is -0.210. The molecule has 2 aliphatic heterocycles. The normalized spacial score (nSPS) is 15.2. The highest BCUT2D eigenvalue weighted by Crippen LogP contribution is 2.25. The number of nitrogens with one attached hydrogen (secondary N) is 2. The second kappa shape index (κ2) is 8.92. The molecular weight excluding hydrogens is 456 g/mol. The minimum absolute atomic E-state index is 0.00695. The number of hydrogen-bond donors (Lipinski definition) is 2. The van der Waals surface area contributed by atoms with Crippen LogP contribution in [0.15, 0.2) is 65.5 Å². The Morgan fingerprint density at radius 1 is 0.917 bits per heavy atom. The molecule has 0 saturated carbocycles. The number of fused-ring (bicyclic) bond motifs is 2. The Kier molecular flexibility index (Phi) is 5.44. The Morgan fingerprint density at radius 3 is 2.56 bits per heavy atom. The summed E-state index contributed by atoms with van der Waals surface area (Å²) in [5.41, 5.74) is 3.70. The lowest BCUT2D eigenvalue weighted by Gasteiger charge is -2.35. The Hall–Kier alpha value is -4.53. The smallest absolute Gasteiger partial charge is 0.272 e. The molecule has 2 amide bonds. The number of rotatable bonds is 4. The molecule has 1 fully saturated rings. The third-order valence-corrected chi connectivity index (χ3v) is 6.77. The van der Waals surface area contributed by atoms with Crippen LogP contribution in [-0.4, -0.2) is 58.1 Å². The zero-order chi connectivity index (χ0) is 24.6. The lowest BCUT2D eigenvalue weighted by molar-refractivity contribution is -0.115. The summed E-state index contributed by atoms with van der Waals surface area (Å²) in [6.07, 6.45) is 0.815. The van der Waals surface area contributed by atoms with Gasteiger partial charge < -0.3 is 15.1 Å². The van der Waals surface area contributed by atoms with E-state index in [0.29, 0.717) is 50.0 Å². The molecule has 9 nitrogen and oxygen atoms in total. The number of nitrogens with zero attached hydrogens (tertiary/aromatic N) is 4. The number of anilines is 2. The lowest BCUT2D eigenvalue weighted by atomic mass is 10.0. The van der Waals surface area contributed by atoms with Crippen LogP contribution >= 0.6 is 0 Å². The summed E-state index contributed by atoms with van der Waals surface area (Å²) in [5, 5.41) is 11.1. The number of pyridine rings is 1. The number of benzene rings is 2. The molecule has 180 valence electrons. The largest absolute Gasteiger partial charge is 0.353 e. The van der Waals surface area contributed by atoms with E-state index in [0.717, 1.165) is 33.8 Å². The number of H-pyrrole nitrogens is 1. The first-order valence-electron chi connectivity index (χ1n) is 11.9. The highest BCUT2D eigenvalue weighted by Gasteiger charge is 2.25. The monoisotopic (exact) mass is 480 g/mol. The molecule has 0 radical (unpaired) electrons. The van der Waals surface area contributed by atoms with Gasteiger partial charge in [-0.25, -0.2) is 10.1 Å². The van der Waals surface area contributed by atoms with Crippen molar-refractivity contribution >= 4 is 34.1 Å². The van der Waals surface area contributed by atoms with Gasteiger partial charge in [-0.05, 0) is 35.9 Å². The molecule has 0 atom stereocenters. The van der Waals surface area contributed by atoms with E-state index in [1.165, 1.54) is 0 Å². The molecule has 0 aliphatic carbocycles. The van der Waals surface area contributed by atoms with Crippen LogP contribution < -0.4 is 15.8 Å². The number of amides is 2. The predicted molar refractivity (Wildman–Crippen MR) is 136 cm³/mol. The van der Waals surface area contributed by atoms with Gasteiger partial charge >= 0.3 is 0 Å². The number of aromatic nitrogens is 3. The lowest BCUT2D eigenvalue weighted by Crippen LogP contribution is -2.49. The van der Waals surface area contributed by atoms with Crippen LogP contribution in [0.3, 0.4) is 0 Å². The van der Waals surface area contributed by atoms with Crippen LogP contribution in [0.2, 0.25) is 0 Å². The van der Waals surface area contributed by atoms with Crippen LogP contribution in [-0.2, 0) is 17.6 Å². The van der Waals surface area contributed by atoms with Gasteiger partial charge in [0, 0.05) is 43.5 Å². The van der Waals surface area contributed by atoms with Crippen molar-refractivity contribution in [3.8, 4) is 0 Å². The summed E-state index contributed by atoms with van der Waals surface area (Å²) in [6.45, 7) is 2.52. The number of carbonyl (C=O) groups is 2. The summed E-state index contributed by atoms with van der Waals surface area (Å²) in [6, 6.07) is 18.8. The first-order valence-corrected chi connectivity index (χ1v) is 11.9. The fourth-order valence-corrected chi connectivity index (χ4v) is 4.90. The van der Waals surface area contributed by atoms with Crippen molar-refractivity contribution in [1.29, 1.82) is 0 Å². The molecule has 0 bridgehead atoms. The summed E-state index contributed by atoms with van der Waals surface area (Å²) < 4.78 is 0. The molecule has 9 heteroatoms. The van der Waals surface area contributed by atoms with E-state index in [4.69, 9.17) is 0 Å².